The third-order valence-electron chi connectivity index (χ3n) is 2.64. The van der Waals surface area contributed by atoms with E-state index >= 15 is 0 Å². The number of fused-ring (bicyclic) bond motifs is 1. The zero-order chi connectivity index (χ0) is 11.5. The van der Waals surface area contributed by atoms with Gasteiger partial charge < -0.3 is 10.3 Å². The van der Waals surface area contributed by atoms with Crippen LogP contribution in [0.1, 0.15) is 25.1 Å². The number of hydrogen-bond acceptors (Lipinski definition) is 3. The molecule has 2 N–H and O–H groups in total. The molecule has 0 spiro atoms. The van der Waals surface area contributed by atoms with Gasteiger partial charge in [0.15, 0.2) is 5.58 Å². The molecule has 0 unspecified atom stereocenters. The first-order chi connectivity index (χ1) is 7.70. The molecule has 0 saturated heterocycles. The van der Waals surface area contributed by atoms with Crippen LogP contribution in [0.25, 0.3) is 11.0 Å². The molecule has 0 fully saturated rings. The maximum Gasteiger partial charge on any atom is 0.167 e. The first-order valence-electron chi connectivity index (χ1n) is 5.78. The fourth-order valence-electron chi connectivity index (χ4n) is 1.89. The molecule has 2 rings (SSSR count). The summed E-state index contributed by atoms with van der Waals surface area (Å²) in [5.41, 5.74) is 8.74. The molecule has 1 heterocycles. The molecule has 0 aliphatic carbocycles. The molecular weight excluding hydrogens is 200 g/mol. The molecule has 0 radical (unpaired) electrons. The number of nitrogens with two attached hydrogens (primary N) is 1. The van der Waals surface area contributed by atoms with E-state index in [-0.39, 0.29) is 0 Å². The van der Waals surface area contributed by atoms with Gasteiger partial charge in [0.05, 0.1) is 5.69 Å². The highest BCUT2D eigenvalue weighted by Crippen LogP contribution is 2.22. The molecule has 0 aliphatic rings. The summed E-state index contributed by atoms with van der Waals surface area (Å²) >= 11 is 0. The minimum Gasteiger partial charge on any atom is -0.356 e. The molecule has 2 aromatic rings. The Kier molecular flexibility index (Phi) is 3.25. The molecule has 3 heteroatoms. The Bertz CT molecular complexity index is 474. The van der Waals surface area contributed by atoms with Crippen LogP contribution in [0.3, 0.4) is 0 Å². The molecule has 3 nitrogen and oxygen atoms in total. The lowest BCUT2D eigenvalue weighted by Crippen LogP contribution is -2.02. The van der Waals surface area contributed by atoms with E-state index in [2.05, 4.69) is 31.1 Å². The van der Waals surface area contributed by atoms with Gasteiger partial charge in [-0.2, -0.15) is 0 Å². The van der Waals surface area contributed by atoms with Crippen LogP contribution in [0.5, 0.6) is 0 Å². The molecule has 0 amide bonds. The first kappa shape index (κ1) is 11.1. The van der Waals surface area contributed by atoms with Gasteiger partial charge in [-0.05, 0) is 43.0 Å². The minimum absolute atomic E-state index is 0.589. The minimum atomic E-state index is 0.589. The molecule has 0 aliphatic heterocycles. The lowest BCUT2D eigenvalue weighted by Gasteiger charge is -2.01. The lowest BCUT2D eigenvalue weighted by atomic mass is 10.0. The van der Waals surface area contributed by atoms with Gasteiger partial charge >= 0.3 is 0 Å². The van der Waals surface area contributed by atoms with Gasteiger partial charge in [0.1, 0.15) is 0 Å². The summed E-state index contributed by atoms with van der Waals surface area (Å²) in [7, 11) is 0. The van der Waals surface area contributed by atoms with Gasteiger partial charge in [-0.1, -0.05) is 25.1 Å². The molecular formula is C13H18N2O. The van der Waals surface area contributed by atoms with E-state index in [1.807, 2.05) is 6.07 Å². The van der Waals surface area contributed by atoms with E-state index in [0.717, 1.165) is 29.5 Å². The standard InChI is InChI=1S/C13H18N2O/c1-9(2)7-12-11-8-10(5-6-14)3-4-13(11)16-15-12/h3-4,8-9H,5-7,14H2,1-2H3. The van der Waals surface area contributed by atoms with Crippen LogP contribution in [0.15, 0.2) is 22.7 Å². The molecule has 0 saturated carbocycles. The van der Waals surface area contributed by atoms with Crippen LogP contribution in [0, 0.1) is 5.92 Å². The number of benzene rings is 1. The van der Waals surface area contributed by atoms with Crippen molar-refractivity contribution in [2.45, 2.75) is 26.7 Å². The van der Waals surface area contributed by atoms with Crippen molar-refractivity contribution in [1.82, 2.24) is 5.16 Å². The average Bonchev–Trinajstić information content (AvgIpc) is 2.61. The van der Waals surface area contributed by atoms with E-state index in [1.165, 1.54) is 5.56 Å². The van der Waals surface area contributed by atoms with Gasteiger partial charge in [0.2, 0.25) is 0 Å². The Morgan fingerprint density at radius 1 is 1.38 bits per heavy atom. The van der Waals surface area contributed by atoms with Gasteiger partial charge in [-0.15, -0.1) is 0 Å². The zero-order valence-corrected chi connectivity index (χ0v) is 9.86. The number of hydrogen-bond donors (Lipinski definition) is 1. The first-order valence-corrected chi connectivity index (χ1v) is 5.78. The third-order valence-corrected chi connectivity index (χ3v) is 2.64. The van der Waals surface area contributed by atoms with E-state index in [9.17, 15) is 0 Å². The van der Waals surface area contributed by atoms with Crippen LogP contribution in [-0.4, -0.2) is 11.7 Å². The second-order valence-electron chi connectivity index (χ2n) is 4.60. The van der Waals surface area contributed by atoms with E-state index in [0.29, 0.717) is 12.5 Å². The van der Waals surface area contributed by atoms with Gasteiger partial charge in [0, 0.05) is 5.39 Å². The Hall–Kier alpha value is -1.35. The quantitative estimate of drug-likeness (QED) is 0.858. The third kappa shape index (κ3) is 2.25. The topological polar surface area (TPSA) is 52.0 Å². The number of nitrogens with zero attached hydrogens (tertiary/aromatic N) is 1. The van der Waals surface area contributed by atoms with Crippen molar-refractivity contribution >= 4 is 11.0 Å². The van der Waals surface area contributed by atoms with Gasteiger partial charge in [-0.25, -0.2) is 0 Å². The Morgan fingerprint density at radius 2 is 2.19 bits per heavy atom. The monoisotopic (exact) mass is 218 g/mol. The SMILES string of the molecule is CC(C)Cc1noc2ccc(CCN)cc12. The van der Waals surface area contributed by atoms with Crippen molar-refractivity contribution < 1.29 is 4.52 Å². The van der Waals surface area contributed by atoms with Crippen LogP contribution < -0.4 is 5.73 Å². The van der Waals surface area contributed by atoms with Crippen molar-refractivity contribution in [3.63, 3.8) is 0 Å². The van der Waals surface area contributed by atoms with Crippen molar-refractivity contribution in [2.24, 2.45) is 11.7 Å². The summed E-state index contributed by atoms with van der Waals surface area (Å²) in [5.74, 6) is 0.589. The number of aromatic nitrogens is 1. The summed E-state index contributed by atoms with van der Waals surface area (Å²) in [6.45, 7) is 5.05. The fraction of sp³-hybridized carbons (Fsp3) is 0.462. The van der Waals surface area contributed by atoms with Gasteiger partial charge in [-0.3, -0.25) is 0 Å². The van der Waals surface area contributed by atoms with E-state index in [4.69, 9.17) is 10.3 Å². The second kappa shape index (κ2) is 4.66. The lowest BCUT2D eigenvalue weighted by molar-refractivity contribution is 0.439. The highest BCUT2D eigenvalue weighted by Gasteiger charge is 2.10. The van der Waals surface area contributed by atoms with Crippen LogP contribution in [-0.2, 0) is 12.8 Å². The predicted octanol–water partition coefficient (Wildman–Crippen LogP) is 2.53. The Morgan fingerprint density at radius 3 is 2.88 bits per heavy atom. The normalized spacial score (nSPS) is 11.5. The predicted molar refractivity (Wildman–Crippen MR) is 65.3 cm³/mol. The van der Waals surface area contributed by atoms with Crippen molar-refractivity contribution in [1.29, 1.82) is 0 Å². The van der Waals surface area contributed by atoms with Crippen molar-refractivity contribution in [3.8, 4) is 0 Å². The second-order valence-corrected chi connectivity index (χ2v) is 4.60. The molecule has 86 valence electrons. The largest absolute Gasteiger partial charge is 0.356 e. The fourth-order valence-corrected chi connectivity index (χ4v) is 1.89. The summed E-state index contributed by atoms with van der Waals surface area (Å²) < 4.78 is 5.30. The van der Waals surface area contributed by atoms with Crippen LogP contribution in [0.2, 0.25) is 0 Å². The Balaban J connectivity index is 2.39. The smallest absolute Gasteiger partial charge is 0.167 e. The molecule has 1 aromatic heterocycles. The van der Waals surface area contributed by atoms with Gasteiger partial charge in [0.25, 0.3) is 0 Å². The van der Waals surface area contributed by atoms with Crippen LogP contribution in [0.4, 0.5) is 0 Å². The maximum absolute atomic E-state index is 5.56. The van der Waals surface area contributed by atoms with Crippen molar-refractivity contribution in [2.75, 3.05) is 6.54 Å². The average molecular weight is 218 g/mol. The highest BCUT2D eigenvalue weighted by molar-refractivity contribution is 5.80. The highest BCUT2D eigenvalue weighted by atomic mass is 16.5. The summed E-state index contributed by atoms with van der Waals surface area (Å²) in [6.07, 6.45) is 1.86. The molecule has 0 atom stereocenters. The van der Waals surface area contributed by atoms with Crippen LogP contribution >= 0.6 is 0 Å². The molecule has 0 bridgehead atoms. The van der Waals surface area contributed by atoms with E-state index < -0.39 is 0 Å². The summed E-state index contributed by atoms with van der Waals surface area (Å²) in [5, 5.41) is 5.27. The molecule has 16 heavy (non-hydrogen) atoms. The van der Waals surface area contributed by atoms with Crippen molar-refractivity contribution in [3.05, 3.63) is 29.5 Å². The zero-order valence-electron chi connectivity index (χ0n) is 9.86. The summed E-state index contributed by atoms with van der Waals surface area (Å²) in [4.78, 5) is 0. The molecule has 1 aromatic carbocycles. The summed E-state index contributed by atoms with van der Waals surface area (Å²) in [6, 6.07) is 6.19. The maximum atomic E-state index is 5.56. The van der Waals surface area contributed by atoms with E-state index in [1.54, 1.807) is 0 Å². The number of rotatable bonds is 4. The Labute approximate surface area is 95.6 Å².